The molecule has 0 fully saturated rings. The number of fused-ring (bicyclic) bond motifs is 2. The van der Waals surface area contributed by atoms with Crippen LogP contribution in [0.15, 0.2) is 130 Å². The molecule has 4 aromatic carbocycles. The van der Waals surface area contributed by atoms with Gasteiger partial charge in [0.2, 0.25) is 0 Å². The first kappa shape index (κ1) is 45.6. The van der Waals surface area contributed by atoms with Crippen molar-refractivity contribution < 1.29 is 41.7 Å². The lowest BCUT2D eigenvalue weighted by Crippen LogP contribution is -2.42. The zero-order chi connectivity index (χ0) is 46.8. The van der Waals surface area contributed by atoms with Crippen molar-refractivity contribution in [2.45, 2.75) is 53.7 Å². The van der Waals surface area contributed by atoms with Gasteiger partial charge in [-0.3, -0.25) is 9.59 Å². The second-order valence-corrected chi connectivity index (χ2v) is 21.5. The van der Waals surface area contributed by atoms with Crippen LogP contribution in [0.25, 0.3) is 21.8 Å². The Morgan fingerprint density at radius 2 is 1.29 bits per heavy atom. The van der Waals surface area contributed by atoms with Gasteiger partial charge in [0.15, 0.2) is 0 Å². The van der Waals surface area contributed by atoms with Crippen LogP contribution in [0, 0.1) is 37.5 Å². The molecule has 2 atom stereocenters. The maximum absolute atomic E-state index is 14.1. The first-order chi connectivity index (χ1) is 31.5. The summed E-state index contributed by atoms with van der Waals surface area (Å²) in [5.74, 6) is 9.14. The van der Waals surface area contributed by atoms with Gasteiger partial charge in [0.25, 0.3) is 20.0 Å². The van der Waals surface area contributed by atoms with Crippen LogP contribution in [-0.2, 0) is 49.0 Å². The van der Waals surface area contributed by atoms with Crippen LogP contribution in [0.2, 0.25) is 0 Å². The minimum atomic E-state index is -4.45. The Balaban J connectivity index is 1.10. The van der Waals surface area contributed by atoms with Gasteiger partial charge in [0.05, 0.1) is 15.3 Å². The van der Waals surface area contributed by atoms with Crippen LogP contribution in [0.5, 0.6) is 5.75 Å². The molecule has 0 spiro atoms. The summed E-state index contributed by atoms with van der Waals surface area (Å²) in [5, 5.41) is 32.7. The number of carbonyl (C=O) groups is 2. The van der Waals surface area contributed by atoms with Gasteiger partial charge >= 0.3 is 11.9 Å². The first-order valence-corrected chi connectivity index (χ1v) is 24.9. The van der Waals surface area contributed by atoms with E-state index >= 15 is 0 Å². The number of hydrogen-bond acceptors (Lipinski definition) is 9. The smallest absolute Gasteiger partial charge is 0.322 e. The number of H-pyrrole nitrogens is 1. The number of aryl methyl sites for hydroxylation is 2. The third kappa shape index (κ3) is 10.3. The van der Waals surface area contributed by atoms with E-state index in [2.05, 4.69) is 38.1 Å². The standard InChI is InChI=1S/C49H40N4O9S4/c1-30-10-14-32(15-11-30)18-20-37-21-23-45(63-37)65(59,60)51-41(49(57)58)25-36-29-53(42-8-5-9-43(54)47(36)42)28-35-26-46(64-44(35)22-19-33-16-12-31(2)13-17-33)66(61,62)52-40(48(55)56)24-34-27-50-39-7-4-3-6-38(34)39/h3-17,21,23,26-27,29,40-41,50-52,54H,24-25,28H2,1-2H3,(H,55,56)(H,57,58)/t40-,41-/m1/s1. The van der Waals surface area contributed by atoms with Crippen LogP contribution in [0.4, 0.5) is 0 Å². The molecule has 0 saturated heterocycles. The van der Waals surface area contributed by atoms with Crippen molar-refractivity contribution in [3.63, 3.8) is 0 Å². The molecule has 6 N–H and O–H groups in total. The van der Waals surface area contributed by atoms with Gasteiger partial charge < -0.3 is 24.9 Å². The second kappa shape index (κ2) is 18.9. The summed E-state index contributed by atoms with van der Waals surface area (Å²) >= 11 is 1.76. The van der Waals surface area contributed by atoms with E-state index in [-0.39, 0.29) is 38.9 Å². The van der Waals surface area contributed by atoms with Crippen LogP contribution < -0.4 is 9.44 Å². The zero-order valence-corrected chi connectivity index (χ0v) is 38.5. The van der Waals surface area contributed by atoms with Crippen molar-refractivity contribution in [3.8, 4) is 29.4 Å². The van der Waals surface area contributed by atoms with Crippen molar-refractivity contribution in [1.82, 2.24) is 19.0 Å². The highest BCUT2D eigenvalue weighted by molar-refractivity contribution is 7.92. The maximum atomic E-state index is 14.1. The molecule has 8 rings (SSSR count). The summed E-state index contributed by atoms with van der Waals surface area (Å²) in [4.78, 5) is 29.1. The van der Waals surface area contributed by atoms with E-state index in [9.17, 15) is 41.7 Å². The van der Waals surface area contributed by atoms with Crippen LogP contribution in [0.1, 0.15) is 48.7 Å². The van der Waals surface area contributed by atoms with Gasteiger partial charge in [-0.15, -0.1) is 22.7 Å². The number of benzene rings is 4. The van der Waals surface area contributed by atoms with Gasteiger partial charge in [-0.05, 0) is 91.2 Å². The predicted octanol–water partition coefficient (Wildman–Crippen LogP) is 7.36. The number of phenols is 1. The Hall–Kier alpha value is -6.96. The number of para-hydroxylation sites is 1. The second-order valence-electron chi connectivity index (χ2n) is 15.5. The number of aliphatic carboxylic acids is 2. The van der Waals surface area contributed by atoms with Crippen LogP contribution in [0.3, 0.4) is 0 Å². The van der Waals surface area contributed by atoms with Crippen LogP contribution in [-0.4, -0.2) is 65.7 Å². The number of carboxylic acid groups (broad SMARTS) is 2. The minimum Gasteiger partial charge on any atom is -0.507 e. The average Bonchev–Trinajstić information content (AvgIpc) is 4.10. The van der Waals surface area contributed by atoms with E-state index in [1.807, 2.05) is 86.6 Å². The van der Waals surface area contributed by atoms with Gasteiger partial charge in [-0.1, -0.05) is 83.3 Å². The zero-order valence-electron chi connectivity index (χ0n) is 35.2. The number of carboxylic acids is 2. The Morgan fingerprint density at radius 3 is 1.94 bits per heavy atom. The number of nitrogens with zero attached hydrogens (tertiary/aromatic N) is 1. The van der Waals surface area contributed by atoms with Crippen LogP contribution >= 0.6 is 22.7 Å². The number of sulfonamides is 2. The van der Waals surface area contributed by atoms with Gasteiger partial charge in [-0.25, -0.2) is 16.8 Å². The van der Waals surface area contributed by atoms with Gasteiger partial charge in [0, 0.05) is 59.2 Å². The van der Waals surface area contributed by atoms with Crippen molar-refractivity contribution in [2.75, 3.05) is 0 Å². The summed E-state index contributed by atoms with van der Waals surface area (Å²) in [5.41, 5.74) is 6.09. The molecule has 4 aromatic heterocycles. The molecule has 0 amide bonds. The fraction of sp³-hybridized carbons (Fsp3) is 0.143. The minimum absolute atomic E-state index is 0.0212. The number of aromatic nitrogens is 2. The number of aromatic amines is 1. The largest absolute Gasteiger partial charge is 0.507 e. The molecule has 13 nitrogen and oxygen atoms in total. The van der Waals surface area contributed by atoms with Crippen molar-refractivity contribution in [3.05, 3.63) is 170 Å². The fourth-order valence-corrected chi connectivity index (χ4v) is 12.2. The molecule has 0 radical (unpaired) electrons. The monoisotopic (exact) mass is 956 g/mol. The molecular formula is C49H40N4O9S4. The number of rotatable bonds is 14. The highest BCUT2D eigenvalue weighted by Crippen LogP contribution is 2.34. The summed E-state index contributed by atoms with van der Waals surface area (Å²) in [6, 6.07) is 28.1. The summed E-state index contributed by atoms with van der Waals surface area (Å²) in [6.07, 6.45) is 2.73. The van der Waals surface area contributed by atoms with E-state index < -0.39 is 44.1 Å². The molecule has 8 aromatic rings. The number of aromatic hydroxyl groups is 1. The predicted molar refractivity (Wildman–Crippen MR) is 255 cm³/mol. The molecule has 0 aliphatic heterocycles. The van der Waals surface area contributed by atoms with E-state index in [1.54, 1.807) is 35.2 Å². The number of phenolic OH excluding ortho intramolecular Hbond substituents is 1. The summed E-state index contributed by atoms with van der Waals surface area (Å²) in [6.45, 7) is 3.87. The normalized spacial score (nSPS) is 12.6. The van der Waals surface area contributed by atoms with Gasteiger partial charge in [0.1, 0.15) is 26.3 Å². The average molecular weight is 957 g/mol. The Labute approximate surface area is 388 Å². The SMILES string of the molecule is Cc1ccc(C#Cc2ccc(S(=O)(=O)N[C@H](Cc3cn(Cc4cc(S(=O)(=O)N[C@H](Cc5c[nH]c6ccccc56)C(=O)O)sc4C#Cc4ccc(C)cc4)c4cccc(O)c34)C(=O)O)s2)cc1. The number of thiophene rings is 2. The van der Waals surface area contributed by atoms with Gasteiger partial charge in [-0.2, -0.15) is 9.44 Å². The molecule has 0 aliphatic carbocycles. The first-order valence-electron chi connectivity index (χ1n) is 20.3. The van der Waals surface area contributed by atoms with Crippen molar-refractivity contribution >= 4 is 76.5 Å². The Kier molecular flexibility index (Phi) is 13.0. The van der Waals surface area contributed by atoms with E-state index in [4.69, 9.17) is 0 Å². The number of nitrogens with one attached hydrogen (secondary N) is 3. The van der Waals surface area contributed by atoms with E-state index in [1.165, 1.54) is 18.2 Å². The molecule has 0 bridgehead atoms. The molecular weight excluding hydrogens is 917 g/mol. The molecule has 0 aliphatic rings. The maximum Gasteiger partial charge on any atom is 0.322 e. The van der Waals surface area contributed by atoms with Crippen molar-refractivity contribution in [2.24, 2.45) is 0 Å². The lowest BCUT2D eigenvalue weighted by Gasteiger charge is -2.14. The Morgan fingerprint density at radius 1 is 0.682 bits per heavy atom. The highest BCUT2D eigenvalue weighted by Gasteiger charge is 2.31. The third-order valence-electron chi connectivity index (χ3n) is 10.7. The summed E-state index contributed by atoms with van der Waals surface area (Å²) < 4.78 is 61.4. The molecule has 0 saturated carbocycles. The Bertz CT molecular complexity index is 3510. The fourth-order valence-electron chi connectivity index (χ4n) is 7.31. The van der Waals surface area contributed by atoms with E-state index in [0.717, 1.165) is 50.3 Å². The lowest BCUT2D eigenvalue weighted by molar-refractivity contribution is -0.139. The van der Waals surface area contributed by atoms with Crippen molar-refractivity contribution in [1.29, 1.82) is 0 Å². The topological polar surface area (TPSA) is 208 Å². The van der Waals surface area contributed by atoms with E-state index in [0.29, 0.717) is 37.5 Å². The highest BCUT2D eigenvalue weighted by atomic mass is 32.3. The molecule has 17 heteroatoms. The third-order valence-corrected chi connectivity index (χ3v) is 16.7. The molecule has 334 valence electrons. The summed E-state index contributed by atoms with van der Waals surface area (Å²) in [7, 11) is -8.80. The quantitative estimate of drug-likeness (QED) is 0.0601. The lowest BCUT2D eigenvalue weighted by atomic mass is 10.1. The number of hydrogen-bond donors (Lipinski definition) is 6. The molecule has 4 heterocycles. The molecule has 66 heavy (non-hydrogen) atoms. The molecule has 0 unspecified atom stereocenters.